The van der Waals surface area contributed by atoms with Gasteiger partial charge < -0.3 is 9.47 Å². The summed E-state index contributed by atoms with van der Waals surface area (Å²) < 4.78 is 12.6. The van der Waals surface area contributed by atoms with Crippen LogP contribution in [-0.2, 0) is 0 Å². The average Bonchev–Trinajstić information content (AvgIpc) is 3.27. The van der Waals surface area contributed by atoms with Gasteiger partial charge in [-0.1, -0.05) is 12.1 Å². The zero-order valence-electron chi connectivity index (χ0n) is 14.3. The molecule has 0 amide bonds. The molecular weight excluding hydrogens is 348 g/mol. The Bertz CT molecular complexity index is 1080. The zero-order valence-corrected chi connectivity index (χ0v) is 15.1. The Morgan fingerprint density at radius 2 is 1.81 bits per heavy atom. The first kappa shape index (κ1) is 16.4. The van der Waals surface area contributed by atoms with E-state index in [1.807, 2.05) is 58.3 Å². The van der Waals surface area contributed by atoms with Gasteiger partial charge in [0.1, 0.15) is 22.9 Å². The summed E-state index contributed by atoms with van der Waals surface area (Å²) in [5.74, 6) is 1.51. The average molecular weight is 364 g/mol. The van der Waals surface area contributed by atoms with Gasteiger partial charge in [-0.25, -0.2) is 4.98 Å². The standard InChI is InChI=1S/C20H16N2O3S/c1-24-14-9-7-13(8-10-14)19-16(11-23)22-17(12-26-20(22)21-19)15-5-3-4-6-18(15)25-2/h3-12H,1-2H3. The second kappa shape index (κ2) is 6.65. The number of nitrogens with zero attached hydrogens (tertiary/aromatic N) is 2. The number of para-hydroxylation sites is 1. The van der Waals surface area contributed by atoms with E-state index in [9.17, 15) is 4.79 Å². The van der Waals surface area contributed by atoms with Crippen molar-refractivity contribution >= 4 is 22.6 Å². The van der Waals surface area contributed by atoms with Gasteiger partial charge in [0.05, 0.1) is 19.9 Å². The monoisotopic (exact) mass is 364 g/mol. The lowest BCUT2D eigenvalue weighted by Gasteiger charge is -2.08. The number of fused-ring (bicyclic) bond motifs is 1. The number of thiazole rings is 1. The molecule has 2 aromatic carbocycles. The number of aldehydes is 1. The maximum atomic E-state index is 11.9. The first-order valence-electron chi connectivity index (χ1n) is 7.99. The van der Waals surface area contributed by atoms with Crippen LogP contribution in [0.5, 0.6) is 11.5 Å². The number of ether oxygens (including phenoxy) is 2. The van der Waals surface area contributed by atoms with Crippen molar-refractivity contribution in [1.82, 2.24) is 9.38 Å². The molecule has 4 rings (SSSR count). The van der Waals surface area contributed by atoms with E-state index in [-0.39, 0.29) is 0 Å². The quantitative estimate of drug-likeness (QED) is 0.487. The minimum Gasteiger partial charge on any atom is -0.497 e. The highest BCUT2D eigenvalue weighted by atomic mass is 32.1. The highest BCUT2D eigenvalue weighted by Gasteiger charge is 2.20. The Labute approximate surface area is 154 Å². The molecule has 0 aliphatic carbocycles. The predicted octanol–water partition coefficient (Wildman–Crippen LogP) is 4.56. The van der Waals surface area contributed by atoms with Crippen LogP contribution in [0.4, 0.5) is 0 Å². The van der Waals surface area contributed by atoms with Crippen LogP contribution in [-0.4, -0.2) is 29.9 Å². The third-order valence-electron chi connectivity index (χ3n) is 4.26. The van der Waals surface area contributed by atoms with Crippen LogP contribution < -0.4 is 9.47 Å². The fraction of sp³-hybridized carbons (Fsp3) is 0.100. The zero-order chi connectivity index (χ0) is 18.1. The maximum absolute atomic E-state index is 11.9. The van der Waals surface area contributed by atoms with E-state index >= 15 is 0 Å². The summed E-state index contributed by atoms with van der Waals surface area (Å²) in [7, 11) is 3.26. The summed E-state index contributed by atoms with van der Waals surface area (Å²) in [5.41, 5.74) is 3.85. The predicted molar refractivity (Wildman–Crippen MR) is 102 cm³/mol. The van der Waals surface area contributed by atoms with Gasteiger partial charge in [-0.2, -0.15) is 0 Å². The van der Waals surface area contributed by atoms with Crippen molar-refractivity contribution in [3.8, 4) is 34.0 Å². The Hall–Kier alpha value is -3.12. The van der Waals surface area contributed by atoms with Gasteiger partial charge in [0, 0.05) is 16.5 Å². The van der Waals surface area contributed by atoms with E-state index in [4.69, 9.17) is 9.47 Å². The fourth-order valence-corrected chi connectivity index (χ4v) is 3.89. The lowest BCUT2D eigenvalue weighted by Crippen LogP contribution is -1.96. The molecule has 6 heteroatoms. The molecule has 0 N–H and O–H groups in total. The summed E-state index contributed by atoms with van der Waals surface area (Å²) in [5, 5.41) is 1.99. The first-order chi connectivity index (χ1) is 12.8. The van der Waals surface area contributed by atoms with Gasteiger partial charge in [-0.05, 0) is 36.4 Å². The van der Waals surface area contributed by atoms with E-state index in [0.717, 1.165) is 39.6 Å². The van der Waals surface area contributed by atoms with Crippen LogP contribution in [0.1, 0.15) is 10.5 Å². The van der Waals surface area contributed by atoms with Crippen molar-refractivity contribution in [3.63, 3.8) is 0 Å². The smallest absolute Gasteiger partial charge is 0.195 e. The summed E-state index contributed by atoms with van der Waals surface area (Å²) in [4.78, 5) is 17.4. The number of carbonyl (C=O) groups is 1. The molecule has 0 bridgehead atoms. The lowest BCUT2D eigenvalue weighted by atomic mass is 10.1. The van der Waals surface area contributed by atoms with E-state index < -0.39 is 0 Å². The van der Waals surface area contributed by atoms with E-state index in [1.165, 1.54) is 11.3 Å². The number of carbonyl (C=O) groups excluding carboxylic acids is 1. The SMILES string of the molecule is COc1ccc(-c2nc3scc(-c4ccccc4OC)n3c2C=O)cc1. The topological polar surface area (TPSA) is 52.8 Å². The van der Waals surface area contributed by atoms with E-state index in [0.29, 0.717) is 11.4 Å². The molecule has 0 atom stereocenters. The molecule has 0 spiro atoms. The minimum atomic E-state index is 0.521. The largest absolute Gasteiger partial charge is 0.497 e. The summed E-state index contributed by atoms with van der Waals surface area (Å²) in [6, 6.07) is 15.3. The van der Waals surface area contributed by atoms with Crippen LogP contribution in [0.2, 0.25) is 0 Å². The summed E-state index contributed by atoms with van der Waals surface area (Å²) >= 11 is 1.49. The normalized spacial score (nSPS) is 10.8. The molecule has 0 aliphatic heterocycles. The Morgan fingerprint density at radius 1 is 1.04 bits per heavy atom. The third kappa shape index (κ3) is 2.55. The van der Waals surface area contributed by atoms with Gasteiger partial charge in [0.2, 0.25) is 0 Å². The van der Waals surface area contributed by atoms with Crippen molar-refractivity contribution < 1.29 is 14.3 Å². The third-order valence-corrected chi connectivity index (χ3v) is 5.08. The number of benzene rings is 2. The van der Waals surface area contributed by atoms with Gasteiger partial charge in [0.15, 0.2) is 11.2 Å². The molecule has 0 saturated carbocycles. The lowest BCUT2D eigenvalue weighted by molar-refractivity contribution is 0.111. The van der Waals surface area contributed by atoms with Gasteiger partial charge >= 0.3 is 0 Å². The first-order valence-corrected chi connectivity index (χ1v) is 8.87. The highest BCUT2D eigenvalue weighted by molar-refractivity contribution is 7.15. The number of hydrogen-bond acceptors (Lipinski definition) is 5. The molecule has 0 aliphatic rings. The van der Waals surface area contributed by atoms with Gasteiger partial charge in [-0.3, -0.25) is 9.20 Å². The molecule has 0 saturated heterocycles. The number of imidazole rings is 1. The second-order valence-corrected chi connectivity index (χ2v) is 6.47. The van der Waals surface area contributed by atoms with Crippen molar-refractivity contribution in [1.29, 1.82) is 0 Å². The molecule has 4 aromatic rings. The molecule has 0 fully saturated rings. The molecule has 0 radical (unpaired) electrons. The second-order valence-electron chi connectivity index (χ2n) is 5.63. The van der Waals surface area contributed by atoms with Crippen LogP contribution in [0.25, 0.3) is 27.5 Å². The van der Waals surface area contributed by atoms with Crippen molar-refractivity contribution in [3.05, 3.63) is 59.6 Å². The Balaban J connectivity index is 1.93. The number of methoxy groups -OCH3 is 2. The van der Waals surface area contributed by atoms with E-state index in [2.05, 4.69) is 4.98 Å². The molecule has 2 heterocycles. The van der Waals surface area contributed by atoms with Crippen molar-refractivity contribution in [2.24, 2.45) is 0 Å². The van der Waals surface area contributed by atoms with Gasteiger partial charge in [0.25, 0.3) is 0 Å². The van der Waals surface area contributed by atoms with Crippen LogP contribution in [0.3, 0.4) is 0 Å². The van der Waals surface area contributed by atoms with Crippen LogP contribution in [0, 0.1) is 0 Å². The van der Waals surface area contributed by atoms with Crippen molar-refractivity contribution in [2.45, 2.75) is 0 Å². The highest BCUT2D eigenvalue weighted by Crippen LogP contribution is 2.36. The molecule has 5 nitrogen and oxygen atoms in total. The van der Waals surface area contributed by atoms with Crippen molar-refractivity contribution in [2.75, 3.05) is 14.2 Å². The van der Waals surface area contributed by atoms with Gasteiger partial charge in [-0.15, -0.1) is 11.3 Å². The molecule has 0 unspecified atom stereocenters. The summed E-state index contributed by atoms with van der Waals surface area (Å²) in [6.45, 7) is 0. The Morgan fingerprint density at radius 3 is 2.50 bits per heavy atom. The number of hydrogen-bond donors (Lipinski definition) is 0. The summed E-state index contributed by atoms with van der Waals surface area (Å²) in [6.07, 6.45) is 0.852. The fourth-order valence-electron chi connectivity index (χ4n) is 2.99. The number of aromatic nitrogens is 2. The minimum absolute atomic E-state index is 0.521. The van der Waals surface area contributed by atoms with E-state index in [1.54, 1.807) is 14.2 Å². The van der Waals surface area contributed by atoms with Crippen LogP contribution in [0.15, 0.2) is 53.9 Å². The molecular formula is C20H16N2O3S. The number of rotatable bonds is 5. The molecule has 26 heavy (non-hydrogen) atoms. The maximum Gasteiger partial charge on any atom is 0.195 e. The molecule has 130 valence electrons. The molecule has 2 aromatic heterocycles. The Kier molecular flexibility index (Phi) is 4.18. The van der Waals surface area contributed by atoms with Crippen LogP contribution >= 0.6 is 11.3 Å².